The van der Waals surface area contributed by atoms with E-state index in [-0.39, 0.29) is 24.5 Å². The van der Waals surface area contributed by atoms with Crippen molar-refractivity contribution in [2.24, 2.45) is 0 Å². The number of urea groups is 1. The minimum absolute atomic E-state index is 0.0152. The minimum atomic E-state index is -3.98. The number of benzene rings is 2. The van der Waals surface area contributed by atoms with Gasteiger partial charge in [0.1, 0.15) is 12.4 Å². The van der Waals surface area contributed by atoms with Crippen molar-refractivity contribution in [1.29, 1.82) is 0 Å². The average molecular weight is 497 g/mol. The zero-order valence-electron chi connectivity index (χ0n) is 18.9. The van der Waals surface area contributed by atoms with Crippen LogP contribution in [0.25, 0.3) is 10.9 Å². The lowest BCUT2D eigenvalue weighted by Crippen LogP contribution is -2.67. The molecule has 2 aliphatic rings. The van der Waals surface area contributed by atoms with Crippen molar-refractivity contribution >= 4 is 32.9 Å². The molecule has 0 radical (unpaired) electrons. The van der Waals surface area contributed by atoms with Crippen LogP contribution in [-0.2, 0) is 26.2 Å². The number of rotatable bonds is 6. The van der Waals surface area contributed by atoms with Crippen LogP contribution < -0.4 is 20.1 Å². The maximum Gasteiger partial charge on any atom is 0.322 e. The summed E-state index contributed by atoms with van der Waals surface area (Å²) >= 11 is 0. The fraction of sp³-hybridized carbons (Fsp3) is 0.292. The third-order valence-corrected chi connectivity index (χ3v) is 7.69. The van der Waals surface area contributed by atoms with Gasteiger partial charge in [-0.1, -0.05) is 18.2 Å². The zero-order chi connectivity index (χ0) is 24.6. The first-order valence-electron chi connectivity index (χ1n) is 11.1. The van der Waals surface area contributed by atoms with Gasteiger partial charge in [-0.25, -0.2) is 17.9 Å². The standard InChI is InChI=1S/C24H24N4O6S/c1-15-12-16(19-4-2-3-5-20(19)25-15)13-34-17-6-8-18(9-7-17)35(31,32)28-21-10-11-33-14-24(21)22(29)26-23(30)27-24/h2-9,12,21,28H,10-11,13-14H2,1H3,(H2,26,27,29,30)/t21-,24+/m1/s1. The van der Waals surface area contributed by atoms with Gasteiger partial charge in [0.2, 0.25) is 10.0 Å². The Morgan fingerprint density at radius 1 is 1.17 bits per heavy atom. The van der Waals surface area contributed by atoms with Crippen molar-refractivity contribution in [2.45, 2.75) is 36.4 Å². The van der Waals surface area contributed by atoms with E-state index in [0.29, 0.717) is 12.4 Å². The van der Waals surface area contributed by atoms with Crippen LogP contribution in [0.3, 0.4) is 0 Å². The van der Waals surface area contributed by atoms with Gasteiger partial charge in [0.05, 0.1) is 23.1 Å². The van der Waals surface area contributed by atoms with E-state index in [0.717, 1.165) is 22.2 Å². The van der Waals surface area contributed by atoms with Crippen LogP contribution in [-0.4, -0.2) is 50.1 Å². The number of carbonyl (C=O) groups excluding carboxylic acids is 2. The molecule has 182 valence electrons. The number of carbonyl (C=O) groups is 2. The van der Waals surface area contributed by atoms with Gasteiger partial charge in [0.25, 0.3) is 5.91 Å². The minimum Gasteiger partial charge on any atom is -0.489 e. The van der Waals surface area contributed by atoms with Gasteiger partial charge in [0.15, 0.2) is 5.54 Å². The van der Waals surface area contributed by atoms with E-state index in [4.69, 9.17) is 9.47 Å². The molecule has 1 spiro atoms. The predicted molar refractivity (Wildman–Crippen MR) is 126 cm³/mol. The van der Waals surface area contributed by atoms with Crippen LogP contribution in [0.4, 0.5) is 4.79 Å². The summed E-state index contributed by atoms with van der Waals surface area (Å²) in [4.78, 5) is 28.7. The number of hydrogen-bond acceptors (Lipinski definition) is 7. The summed E-state index contributed by atoms with van der Waals surface area (Å²) in [5, 5.41) is 5.68. The molecule has 2 fully saturated rings. The monoisotopic (exact) mass is 496 g/mol. The van der Waals surface area contributed by atoms with Crippen molar-refractivity contribution in [1.82, 2.24) is 20.3 Å². The van der Waals surface area contributed by atoms with E-state index in [9.17, 15) is 18.0 Å². The second-order valence-electron chi connectivity index (χ2n) is 8.59. The van der Waals surface area contributed by atoms with E-state index in [2.05, 4.69) is 20.3 Å². The van der Waals surface area contributed by atoms with Crippen molar-refractivity contribution in [3.63, 3.8) is 0 Å². The highest BCUT2D eigenvalue weighted by Crippen LogP contribution is 2.26. The molecule has 5 rings (SSSR count). The molecule has 0 saturated carbocycles. The van der Waals surface area contributed by atoms with Crippen molar-refractivity contribution in [3.05, 3.63) is 65.9 Å². The molecule has 2 atom stereocenters. The van der Waals surface area contributed by atoms with Crippen molar-refractivity contribution in [3.8, 4) is 5.75 Å². The van der Waals surface area contributed by atoms with Gasteiger partial charge in [0, 0.05) is 23.3 Å². The number of nitrogens with one attached hydrogen (secondary N) is 3. The van der Waals surface area contributed by atoms with Crippen LogP contribution in [0.2, 0.25) is 0 Å². The molecule has 2 saturated heterocycles. The number of ether oxygens (including phenoxy) is 2. The summed E-state index contributed by atoms with van der Waals surface area (Å²) in [6, 6.07) is 14.3. The van der Waals surface area contributed by atoms with Gasteiger partial charge < -0.3 is 14.8 Å². The number of pyridine rings is 1. The summed E-state index contributed by atoms with van der Waals surface area (Å²) in [5.41, 5.74) is 1.27. The fourth-order valence-corrected chi connectivity index (χ4v) is 5.76. The molecule has 3 aromatic rings. The van der Waals surface area contributed by atoms with Crippen LogP contribution in [0, 0.1) is 6.92 Å². The Balaban J connectivity index is 1.30. The first-order valence-corrected chi connectivity index (χ1v) is 12.6. The molecule has 11 heteroatoms. The van der Waals surface area contributed by atoms with E-state index >= 15 is 0 Å². The number of sulfonamides is 1. The lowest BCUT2D eigenvalue weighted by molar-refractivity contribution is -0.130. The topological polar surface area (TPSA) is 136 Å². The van der Waals surface area contributed by atoms with E-state index < -0.39 is 33.5 Å². The van der Waals surface area contributed by atoms with Crippen LogP contribution in [0.5, 0.6) is 5.75 Å². The zero-order valence-corrected chi connectivity index (χ0v) is 19.7. The second-order valence-corrected chi connectivity index (χ2v) is 10.3. The maximum atomic E-state index is 13.1. The number of para-hydroxylation sites is 1. The summed E-state index contributed by atoms with van der Waals surface area (Å²) in [6.45, 7) is 2.36. The van der Waals surface area contributed by atoms with Gasteiger partial charge in [-0.15, -0.1) is 0 Å². The lowest BCUT2D eigenvalue weighted by atomic mass is 9.88. The Labute approximate surface area is 202 Å². The van der Waals surface area contributed by atoms with Crippen molar-refractivity contribution < 1.29 is 27.5 Å². The number of nitrogens with zero attached hydrogens (tertiary/aromatic N) is 1. The fourth-order valence-electron chi connectivity index (χ4n) is 4.44. The second kappa shape index (κ2) is 8.91. The highest BCUT2D eigenvalue weighted by atomic mass is 32.2. The number of amides is 3. The summed E-state index contributed by atoms with van der Waals surface area (Å²) in [5.74, 6) is -0.106. The molecule has 35 heavy (non-hydrogen) atoms. The normalized spacial score (nSPS) is 22.3. The Kier molecular flexibility index (Phi) is 5.91. The van der Waals surface area contributed by atoms with Gasteiger partial charge in [-0.3, -0.25) is 15.1 Å². The van der Waals surface area contributed by atoms with Gasteiger partial charge in [-0.2, -0.15) is 0 Å². The number of aromatic nitrogens is 1. The number of hydrogen-bond donors (Lipinski definition) is 3. The molecule has 10 nitrogen and oxygen atoms in total. The summed E-state index contributed by atoms with van der Waals surface area (Å²) in [6.07, 6.45) is 0.230. The first-order chi connectivity index (χ1) is 16.8. The third-order valence-electron chi connectivity index (χ3n) is 6.20. The Morgan fingerprint density at radius 2 is 1.94 bits per heavy atom. The predicted octanol–water partition coefficient (Wildman–Crippen LogP) is 1.77. The Hall–Kier alpha value is -3.54. The Morgan fingerprint density at radius 3 is 2.69 bits per heavy atom. The molecule has 3 amide bonds. The van der Waals surface area contributed by atoms with Gasteiger partial charge in [-0.05, 0) is 49.7 Å². The smallest absolute Gasteiger partial charge is 0.322 e. The molecule has 2 aromatic carbocycles. The number of fused-ring (bicyclic) bond motifs is 1. The van der Waals surface area contributed by atoms with E-state index in [1.54, 1.807) is 12.1 Å². The van der Waals surface area contributed by atoms with Crippen LogP contribution in [0.15, 0.2) is 59.5 Å². The molecule has 0 unspecified atom stereocenters. The SMILES string of the molecule is Cc1cc(COc2ccc(S(=O)(=O)N[C@@H]3CCOC[C@]34NC(=O)NC4=O)cc2)c2ccccc2n1. The maximum absolute atomic E-state index is 13.1. The van der Waals surface area contributed by atoms with Crippen LogP contribution in [0.1, 0.15) is 17.7 Å². The highest BCUT2D eigenvalue weighted by Gasteiger charge is 2.55. The van der Waals surface area contributed by atoms with E-state index in [1.807, 2.05) is 37.3 Å². The molecule has 0 bridgehead atoms. The average Bonchev–Trinajstić information content (AvgIpc) is 3.12. The molecular weight excluding hydrogens is 472 g/mol. The van der Waals surface area contributed by atoms with Crippen molar-refractivity contribution in [2.75, 3.05) is 13.2 Å². The summed E-state index contributed by atoms with van der Waals surface area (Å²) in [7, 11) is -3.98. The molecule has 3 heterocycles. The first kappa shape index (κ1) is 23.2. The lowest BCUT2D eigenvalue weighted by Gasteiger charge is -2.38. The quantitative estimate of drug-likeness (QED) is 0.443. The van der Waals surface area contributed by atoms with E-state index in [1.165, 1.54) is 12.1 Å². The van der Waals surface area contributed by atoms with Crippen LogP contribution >= 0.6 is 0 Å². The van der Waals surface area contributed by atoms with Gasteiger partial charge >= 0.3 is 6.03 Å². The molecule has 1 aromatic heterocycles. The molecule has 3 N–H and O–H groups in total. The molecule has 0 aliphatic carbocycles. The Bertz CT molecular complexity index is 1410. The molecule has 2 aliphatic heterocycles. The summed E-state index contributed by atoms with van der Waals surface area (Å²) < 4.78 is 40.0. The molecular formula is C24H24N4O6S. The number of imide groups is 1. The third kappa shape index (κ3) is 4.45. The highest BCUT2D eigenvalue weighted by molar-refractivity contribution is 7.89. The largest absolute Gasteiger partial charge is 0.489 e. The number of aryl methyl sites for hydroxylation is 1.